The van der Waals surface area contributed by atoms with Crippen LogP contribution in [0.2, 0.25) is 5.02 Å². The number of nitrogens with two attached hydrogens (primary N) is 1. The monoisotopic (exact) mass is 196 g/mol. The summed E-state index contributed by atoms with van der Waals surface area (Å²) in [5, 5.41) is 0.631. The van der Waals surface area contributed by atoms with Crippen molar-refractivity contribution >= 4 is 11.6 Å². The maximum Gasteiger partial charge on any atom is 0.0589 e. The van der Waals surface area contributed by atoms with Gasteiger partial charge in [0.25, 0.3) is 0 Å². The van der Waals surface area contributed by atoms with E-state index in [1.165, 1.54) is 0 Å². The number of aromatic nitrogens is 1. The summed E-state index contributed by atoms with van der Waals surface area (Å²) in [7, 11) is 0. The Labute approximate surface area is 83.4 Å². The zero-order valence-electron chi connectivity index (χ0n) is 7.63. The predicted octanol–water partition coefficient (Wildman–Crippen LogP) is 2.70. The molecule has 0 amide bonds. The molecule has 0 aliphatic heterocycles. The van der Waals surface area contributed by atoms with E-state index in [1.807, 2.05) is 13.0 Å². The molecule has 0 fully saturated rings. The van der Waals surface area contributed by atoms with E-state index in [-0.39, 0.29) is 6.04 Å². The fourth-order valence-corrected chi connectivity index (χ4v) is 1.20. The maximum atomic E-state index is 5.88. The molecule has 1 atom stereocenters. The topological polar surface area (TPSA) is 38.9 Å². The lowest BCUT2D eigenvalue weighted by Crippen LogP contribution is -2.11. The zero-order valence-corrected chi connectivity index (χ0v) is 8.38. The van der Waals surface area contributed by atoms with Crippen molar-refractivity contribution in [2.24, 2.45) is 5.73 Å². The highest BCUT2D eigenvalue weighted by Gasteiger charge is 2.06. The van der Waals surface area contributed by atoms with Crippen LogP contribution in [-0.2, 0) is 0 Å². The van der Waals surface area contributed by atoms with Crippen molar-refractivity contribution in [2.75, 3.05) is 0 Å². The summed E-state index contributed by atoms with van der Waals surface area (Å²) in [6.45, 7) is 5.76. The molecule has 1 aromatic heterocycles. The van der Waals surface area contributed by atoms with Gasteiger partial charge in [-0.3, -0.25) is 4.98 Å². The molecule has 0 spiro atoms. The first-order valence-corrected chi connectivity index (χ1v) is 4.49. The van der Waals surface area contributed by atoms with Crippen molar-refractivity contribution in [2.45, 2.75) is 19.4 Å². The summed E-state index contributed by atoms with van der Waals surface area (Å²) >= 11 is 5.70. The molecule has 1 heterocycles. The highest BCUT2D eigenvalue weighted by Crippen LogP contribution is 2.16. The second-order valence-electron chi connectivity index (χ2n) is 3.17. The van der Waals surface area contributed by atoms with Gasteiger partial charge in [0.05, 0.1) is 16.8 Å². The van der Waals surface area contributed by atoms with Gasteiger partial charge in [0.2, 0.25) is 0 Å². The quantitative estimate of drug-likeness (QED) is 0.755. The van der Waals surface area contributed by atoms with Gasteiger partial charge in [-0.1, -0.05) is 17.2 Å². The van der Waals surface area contributed by atoms with Crippen LogP contribution in [0.15, 0.2) is 30.5 Å². The minimum absolute atomic E-state index is 0.0743. The van der Waals surface area contributed by atoms with Crippen LogP contribution in [0.3, 0.4) is 0 Å². The van der Waals surface area contributed by atoms with Crippen LogP contribution in [0.5, 0.6) is 0 Å². The van der Waals surface area contributed by atoms with E-state index in [0.717, 1.165) is 17.7 Å². The summed E-state index contributed by atoms with van der Waals surface area (Å²) in [4.78, 5) is 4.13. The molecule has 1 unspecified atom stereocenters. The highest BCUT2D eigenvalue weighted by atomic mass is 35.5. The molecule has 2 nitrogen and oxygen atoms in total. The molecule has 3 heteroatoms. The van der Waals surface area contributed by atoms with Gasteiger partial charge in [-0.15, -0.1) is 6.58 Å². The van der Waals surface area contributed by atoms with Crippen LogP contribution in [0.1, 0.15) is 25.1 Å². The van der Waals surface area contributed by atoms with Crippen LogP contribution in [-0.4, -0.2) is 4.98 Å². The van der Waals surface area contributed by atoms with E-state index >= 15 is 0 Å². The molecule has 0 aliphatic rings. The second-order valence-corrected chi connectivity index (χ2v) is 3.61. The summed E-state index contributed by atoms with van der Waals surface area (Å²) in [6, 6.07) is 3.56. The van der Waals surface area contributed by atoms with E-state index in [2.05, 4.69) is 11.6 Å². The Morgan fingerprint density at radius 1 is 1.69 bits per heavy atom. The van der Waals surface area contributed by atoms with Gasteiger partial charge >= 0.3 is 0 Å². The number of rotatable bonds is 3. The third kappa shape index (κ3) is 3.17. The van der Waals surface area contributed by atoms with Crippen LogP contribution in [0, 0.1) is 0 Å². The van der Waals surface area contributed by atoms with Crippen molar-refractivity contribution in [1.29, 1.82) is 0 Å². The Kier molecular flexibility index (Phi) is 3.46. The summed E-state index contributed by atoms with van der Waals surface area (Å²) < 4.78 is 0. The Hall–Kier alpha value is -0.860. The smallest absolute Gasteiger partial charge is 0.0589 e. The van der Waals surface area contributed by atoms with Crippen LogP contribution < -0.4 is 5.73 Å². The number of halogens is 1. The van der Waals surface area contributed by atoms with Gasteiger partial charge < -0.3 is 5.73 Å². The van der Waals surface area contributed by atoms with E-state index in [4.69, 9.17) is 17.3 Å². The van der Waals surface area contributed by atoms with Gasteiger partial charge in [-0.05, 0) is 25.5 Å². The summed E-state index contributed by atoms with van der Waals surface area (Å²) in [5.74, 6) is 0. The van der Waals surface area contributed by atoms with Crippen molar-refractivity contribution in [3.05, 3.63) is 41.2 Å². The lowest BCUT2D eigenvalue weighted by atomic mass is 10.1. The van der Waals surface area contributed by atoms with Crippen molar-refractivity contribution in [3.8, 4) is 0 Å². The predicted molar refractivity (Wildman–Crippen MR) is 55.6 cm³/mol. The van der Waals surface area contributed by atoms with Gasteiger partial charge in [0.15, 0.2) is 0 Å². The average molecular weight is 197 g/mol. The number of nitrogens with zero attached hydrogens (tertiary/aromatic N) is 1. The van der Waals surface area contributed by atoms with E-state index in [0.29, 0.717) is 5.02 Å². The fraction of sp³-hybridized carbons (Fsp3) is 0.300. The summed E-state index contributed by atoms with van der Waals surface area (Å²) in [6.07, 6.45) is 2.36. The molecule has 0 aromatic carbocycles. The Morgan fingerprint density at radius 2 is 2.38 bits per heavy atom. The molecule has 70 valence electrons. The lowest BCUT2D eigenvalue weighted by molar-refractivity contribution is 0.692. The molecular formula is C10H13ClN2. The first-order valence-electron chi connectivity index (χ1n) is 4.11. The average Bonchev–Trinajstić information content (AvgIpc) is 2.04. The van der Waals surface area contributed by atoms with E-state index in [9.17, 15) is 0 Å². The van der Waals surface area contributed by atoms with E-state index < -0.39 is 0 Å². The minimum Gasteiger partial charge on any atom is -0.322 e. The Morgan fingerprint density at radius 3 is 2.85 bits per heavy atom. The second kappa shape index (κ2) is 4.40. The van der Waals surface area contributed by atoms with Crippen molar-refractivity contribution in [1.82, 2.24) is 4.98 Å². The molecule has 0 radical (unpaired) electrons. The molecular weight excluding hydrogens is 184 g/mol. The molecule has 13 heavy (non-hydrogen) atoms. The minimum atomic E-state index is -0.0743. The fourth-order valence-electron chi connectivity index (χ4n) is 1.09. The van der Waals surface area contributed by atoms with Crippen LogP contribution in [0.25, 0.3) is 0 Å². The molecule has 0 bridgehead atoms. The molecule has 0 aliphatic carbocycles. The third-order valence-corrected chi connectivity index (χ3v) is 1.92. The molecule has 0 saturated carbocycles. The van der Waals surface area contributed by atoms with Crippen LogP contribution >= 0.6 is 11.6 Å². The van der Waals surface area contributed by atoms with Crippen molar-refractivity contribution in [3.63, 3.8) is 0 Å². The first-order chi connectivity index (χ1) is 6.09. The third-order valence-electron chi connectivity index (χ3n) is 1.70. The largest absolute Gasteiger partial charge is 0.322 e. The maximum absolute atomic E-state index is 5.88. The summed E-state index contributed by atoms with van der Waals surface area (Å²) in [5.41, 5.74) is 7.79. The van der Waals surface area contributed by atoms with E-state index in [1.54, 1.807) is 12.3 Å². The Balaban J connectivity index is 2.71. The zero-order chi connectivity index (χ0) is 9.84. The molecule has 2 N–H and O–H groups in total. The Bertz CT molecular complexity index is 292. The van der Waals surface area contributed by atoms with Gasteiger partial charge in [0, 0.05) is 6.20 Å². The normalized spacial score (nSPS) is 12.5. The SMILES string of the molecule is C=C(C)CC(N)c1ccc(Cl)cn1. The number of hydrogen-bond acceptors (Lipinski definition) is 2. The molecule has 1 aromatic rings. The first kappa shape index (κ1) is 10.2. The van der Waals surface area contributed by atoms with Gasteiger partial charge in [-0.2, -0.15) is 0 Å². The molecule has 0 saturated heterocycles. The highest BCUT2D eigenvalue weighted by molar-refractivity contribution is 6.30. The van der Waals surface area contributed by atoms with Crippen LogP contribution in [0.4, 0.5) is 0 Å². The van der Waals surface area contributed by atoms with Gasteiger partial charge in [0.1, 0.15) is 0 Å². The number of pyridine rings is 1. The van der Waals surface area contributed by atoms with Crippen molar-refractivity contribution < 1.29 is 0 Å². The number of hydrogen-bond donors (Lipinski definition) is 1. The lowest BCUT2D eigenvalue weighted by Gasteiger charge is -2.10. The van der Waals surface area contributed by atoms with Gasteiger partial charge in [-0.25, -0.2) is 0 Å². The molecule has 1 rings (SSSR count). The standard InChI is InChI=1S/C10H13ClN2/c1-7(2)5-9(12)10-4-3-8(11)6-13-10/h3-4,6,9H,1,5,12H2,2H3.